The summed E-state index contributed by atoms with van der Waals surface area (Å²) < 4.78 is 0. The quantitative estimate of drug-likeness (QED) is 0.325. The maximum absolute atomic E-state index is 9.88. The molecule has 3 N–H and O–H groups in total. The fraction of sp³-hybridized carbons (Fsp3) is 0.538. The van der Waals surface area contributed by atoms with E-state index in [2.05, 4.69) is 19.6 Å². The van der Waals surface area contributed by atoms with Gasteiger partial charge < -0.3 is 10.8 Å². The van der Waals surface area contributed by atoms with Gasteiger partial charge in [-0.2, -0.15) is 12.6 Å². The van der Waals surface area contributed by atoms with Gasteiger partial charge >= 0.3 is 0 Å². The fourth-order valence-electron chi connectivity index (χ4n) is 1.83. The number of hydrogen-bond acceptors (Lipinski definition) is 3. The van der Waals surface area contributed by atoms with E-state index in [1.54, 1.807) is 6.07 Å². The van der Waals surface area contributed by atoms with E-state index in [4.69, 9.17) is 5.73 Å². The van der Waals surface area contributed by atoms with Gasteiger partial charge in [-0.15, -0.1) is 12.4 Å². The number of phenolic OH excluding ortho intramolecular Hbond substituents is 1. The first-order chi connectivity index (χ1) is 7.56. The summed E-state index contributed by atoms with van der Waals surface area (Å²) in [7, 11) is 0. The first-order valence-electron chi connectivity index (χ1n) is 5.83. The number of aryl methyl sites for hydroxylation is 1. The van der Waals surface area contributed by atoms with E-state index in [1.165, 1.54) is 12.8 Å². The second kappa shape index (κ2) is 7.72. The Morgan fingerprint density at radius 2 is 2.00 bits per heavy atom. The van der Waals surface area contributed by atoms with Crippen molar-refractivity contribution in [1.29, 1.82) is 0 Å². The zero-order valence-corrected chi connectivity index (χ0v) is 12.2. The molecule has 98 valence electrons. The normalized spacial score (nSPS) is 11.9. The molecule has 0 aliphatic heterocycles. The van der Waals surface area contributed by atoms with E-state index >= 15 is 0 Å². The number of nitrogens with two attached hydrogens (primary N) is 1. The Labute approximate surface area is 115 Å². The maximum Gasteiger partial charge on any atom is 0.142 e. The molecule has 0 heterocycles. The predicted molar refractivity (Wildman–Crippen MR) is 80.4 cm³/mol. The molecule has 0 fully saturated rings. The highest BCUT2D eigenvalue weighted by atomic mass is 35.5. The molecule has 4 heteroatoms. The van der Waals surface area contributed by atoms with Crippen LogP contribution in [0, 0.1) is 6.92 Å². The van der Waals surface area contributed by atoms with Gasteiger partial charge in [0.2, 0.25) is 0 Å². The predicted octanol–water partition coefficient (Wildman–Crippen LogP) is 4.26. The summed E-state index contributed by atoms with van der Waals surface area (Å²) in [4.78, 5) is 0. The molecule has 1 unspecified atom stereocenters. The molecule has 0 saturated heterocycles. The van der Waals surface area contributed by atoms with Crippen LogP contribution in [0.5, 0.6) is 5.75 Å². The lowest BCUT2D eigenvalue weighted by molar-refractivity contribution is 0.468. The number of anilines is 1. The molecule has 0 bridgehead atoms. The Morgan fingerprint density at radius 1 is 1.35 bits per heavy atom. The van der Waals surface area contributed by atoms with Crippen molar-refractivity contribution in [3.63, 3.8) is 0 Å². The molecule has 0 amide bonds. The van der Waals surface area contributed by atoms with E-state index < -0.39 is 0 Å². The van der Waals surface area contributed by atoms with Gasteiger partial charge in [0.05, 0.1) is 5.69 Å². The van der Waals surface area contributed by atoms with Crippen LogP contribution in [0.4, 0.5) is 5.69 Å². The summed E-state index contributed by atoms with van der Waals surface area (Å²) in [6.07, 6.45) is 4.52. The summed E-state index contributed by atoms with van der Waals surface area (Å²) in [6.45, 7) is 4.15. The van der Waals surface area contributed by atoms with Crippen LogP contribution in [0.3, 0.4) is 0 Å². The molecule has 1 atom stereocenters. The largest absolute Gasteiger partial charge is 0.505 e. The SMILES string of the molecule is CCCCCC(S)c1cc(C)cc(N)c1O.Cl. The smallest absolute Gasteiger partial charge is 0.142 e. The molecular weight excluding hydrogens is 254 g/mol. The van der Waals surface area contributed by atoms with Gasteiger partial charge in [-0.05, 0) is 25.0 Å². The molecular formula is C13H22ClNOS. The minimum atomic E-state index is 0. The van der Waals surface area contributed by atoms with Gasteiger partial charge in [0.25, 0.3) is 0 Å². The number of phenols is 1. The van der Waals surface area contributed by atoms with Crippen molar-refractivity contribution in [3.05, 3.63) is 23.3 Å². The summed E-state index contributed by atoms with van der Waals surface area (Å²) in [5, 5.41) is 9.95. The average molecular weight is 276 g/mol. The van der Waals surface area contributed by atoms with Crippen LogP contribution < -0.4 is 5.73 Å². The van der Waals surface area contributed by atoms with E-state index in [0.717, 1.165) is 24.0 Å². The van der Waals surface area contributed by atoms with E-state index in [-0.39, 0.29) is 23.4 Å². The van der Waals surface area contributed by atoms with Crippen molar-refractivity contribution in [3.8, 4) is 5.75 Å². The zero-order chi connectivity index (χ0) is 12.1. The van der Waals surface area contributed by atoms with Crippen molar-refractivity contribution < 1.29 is 5.11 Å². The number of halogens is 1. The summed E-state index contributed by atoms with van der Waals surface area (Å²) in [5.74, 6) is 0.196. The first-order valence-corrected chi connectivity index (χ1v) is 6.35. The molecule has 1 aromatic rings. The highest BCUT2D eigenvalue weighted by molar-refractivity contribution is 7.80. The van der Waals surface area contributed by atoms with Gasteiger partial charge in [0.15, 0.2) is 0 Å². The third-order valence-electron chi connectivity index (χ3n) is 2.75. The summed E-state index contributed by atoms with van der Waals surface area (Å²) in [5.41, 5.74) is 8.11. The number of hydrogen-bond donors (Lipinski definition) is 3. The van der Waals surface area contributed by atoms with Gasteiger partial charge in [-0.25, -0.2) is 0 Å². The first kappa shape index (κ1) is 16.5. The molecule has 0 aliphatic carbocycles. The third kappa shape index (κ3) is 4.68. The number of rotatable bonds is 5. The highest BCUT2D eigenvalue weighted by Crippen LogP contribution is 2.36. The molecule has 0 spiro atoms. The topological polar surface area (TPSA) is 46.2 Å². The second-order valence-corrected chi connectivity index (χ2v) is 4.93. The number of unbranched alkanes of at least 4 members (excludes halogenated alkanes) is 2. The summed E-state index contributed by atoms with van der Waals surface area (Å²) >= 11 is 4.54. The van der Waals surface area contributed by atoms with Crippen molar-refractivity contribution >= 4 is 30.7 Å². The zero-order valence-electron chi connectivity index (χ0n) is 10.4. The van der Waals surface area contributed by atoms with Gasteiger partial charge in [-0.1, -0.05) is 32.3 Å². The molecule has 1 aromatic carbocycles. The van der Waals surface area contributed by atoms with E-state index in [1.807, 2.05) is 13.0 Å². The molecule has 2 nitrogen and oxygen atoms in total. The van der Waals surface area contributed by atoms with Crippen LogP contribution in [0.15, 0.2) is 12.1 Å². The van der Waals surface area contributed by atoms with Crippen LogP contribution >= 0.6 is 25.0 Å². The van der Waals surface area contributed by atoms with Crippen LogP contribution in [-0.2, 0) is 0 Å². The number of aromatic hydroxyl groups is 1. The second-order valence-electron chi connectivity index (χ2n) is 4.30. The molecule has 1 rings (SSSR count). The monoisotopic (exact) mass is 275 g/mol. The Morgan fingerprint density at radius 3 is 2.59 bits per heavy atom. The lowest BCUT2D eigenvalue weighted by Crippen LogP contribution is -1.96. The molecule has 0 aromatic heterocycles. The van der Waals surface area contributed by atoms with E-state index in [0.29, 0.717) is 5.69 Å². The molecule has 17 heavy (non-hydrogen) atoms. The van der Waals surface area contributed by atoms with Crippen molar-refractivity contribution in [2.45, 2.75) is 44.8 Å². The van der Waals surface area contributed by atoms with Crippen molar-refractivity contribution in [2.24, 2.45) is 0 Å². The van der Waals surface area contributed by atoms with Crippen molar-refractivity contribution in [2.75, 3.05) is 5.73 Å². The number of benzene rings is 1. The maximum atomic E-state index is 9.88. The minimum Gasteiger partial charge on any atom is -0.505 e. The summed E-state index contributed by atoms with van der Waals surface area (Å²) in [6, 6.07) is 3.75. The molecule has 0 radical (unpaired) electrons. The van der Waals surface area contributed by atoms with Crippen molar-refractivity contribution in [1.82, 2.24) is 0 Å². The highest BCUT2D eigenvalue weighted by Gasteiger charge is 2.13. The minimum absolute atomic E-state index is 0. The Bertz CT molecular complexity index is 358. The van der Waals surface area contributed by atoms with Gasteiger partial charge in [-0.3, -0.25) is 0 Å². The van der Waals surface area contributed by atoms with Crippen LogP contribution in [-0.4, -0.2) is 5.11 Å². The molecule has 0 saturated carbocycles. The Hall–Kier alpha value is -0.540. The lowest BCUT2D eigenvalue weighted by Gasteiger charge is -2.15. The molecule has 0 aliphatic rings. The Kier molecular flexibility index (Phi) is 7.48. The van der Waals surface area contributed by atoms with Gasteiger partial charge in [0.1, 0.15) is 5.75 Å². The fourth-order valence-corrected chi connectivity index (χ4v) is 2.21. The average Bonchev–Trinajstić information content (AvgIpc) is 2.23. The number of thiol groups is 1. The van der Waals surface area contributed by atoms with Crippen LogP contribution in [0.1, 0.15) is 49.0 Å². The van der Waals surface area contributed by atoms with Gasteiger partial charge in [0, 0.05) is 10.8 Å². The third-order valence-corrected chi connectivity index (χ3v) is 3.29. The lowest BCUT2D eigenvalue weighted by atomic mass is 10.0. The Balaban J connectivity index is 0.00000256. The standard InChI is InChI=1S/C13H21NOS.ClH/c1-3-4-5-6-12(16)10-7-9(2)8-11(14)13(10)15;/h7-8,12,15-16H,3-6,14H2,1-2H3;1H. The van der Waals surface area contributed by atoms with Crippen LogP contribution in [0.25, 0.3) is 0 Å². The number of nitrogen functional groups attached to an aromatic ring is 1. The van der Waals surface area contributed by atoms with E-state index in [9.17, 15) is 5.11 Å². The van der Waals surface area contributed by atoms with Crippen LogP contribution in [0.2, 0.25) is 0 Å².